The number of carbonyl (C=O) groups excluding carboxylic acids is 2. The van der Waals surface area contributed by atoms with Crippen molar-refractivity contribution in [2.75, 3.05) is 26.2 Å². The fourth-order valence-corrected chi connectivity index (χ4v) is 5.22. The number of likely N-dealkylation sites (tertiary alicyclic amines) is 1. The molecular weight excluding hydrogens is 499 g/mol. The van der Waals surface area contributed by atoms with Gasteiger partial charge in [-0.25, -0.2) is 4.79 Å². The summed E-state index contributed by atoms with van der Waals surface area (Å²) < 4.78 is 11.4. The van der Waals surface area contributed by atoms with Crippen LogP contribution in [0.5, 0.6) is 0 Å². The highest BCUT2D eigenvalue weighted by Gasteiger charge is 2.34. The average molecular weight is 540 g/mol. The summed E-state index contributed by atoms with van der Waals surface area (Å²) in [4.78, 5) is 29.9. The summed E-state index contributed by atoms with van der Waals surface area (Å²) in [5.74, 6) is -1.34. The van der Waals surface area contributed by atoms with E-state index in [0.717, 1.165) is 18.4 Å². The van der Waals surface area contributed by atoms with E-state index in [-0.39, 0.29) is 36.7 Å². The van der Waals surface area contributed by atoms with Crippen LogP contribution in [0.3, 0.4) is 0 Å². The maximum atomic E-state index is 13.4. The van der Waals surface area contributed by atoms with Crippen molar-refractivity contribution in [3.8, 4) is 6.07 Å². The van der Waals surface area contributed by atoms with E-state index in [0.29, 0.717) is 26.1 Å². The molecule has 10 nitrogen and oxygen atoms in total. The van der Waals surface area contributed by atoms with Crippen molar-refractivity contribution < 1.29 is 29.1 Å². The lowest BCUT2D eigenvalue weighted by molar-refractivity contribution is -0.128. The van der Waals surface area contributed by atoms with Crippen LogP contribution in [0.1, 0.15) is 52.5 Å². The molecule has 0 aliphatic carbocycles. The average Bonchev–Trinajstić information content (AvgIpc) is 3.12. The molecule has 4 atom stereocenters. The number of alkyl carbamates (subject to hydrolysis) is 1. The van der Waals surface area contributed by atoms with E-state index in [1.54, 1.807) is 11.0 Å². The van der Waals surface area contributed by atoms with Crippen LogP contribution in [-0.2, 0) is 20.7 Å². The van der Waals surface area contributed by atoms with Crippen molar-refractivity contribution >= 4 is 19.1 Å². The molecule has 11 heteroatoms. The Bertz CT molecular complexity index is 1030. The van der Waals surface area contributed by atoms with Gasteiger partial charge in [-0.15, -0.1) is 0 Å². The normalized spacial score (nSPS) is 23.8. The van der Waals surface area contributed by atoms with E-state index in [2.05, 4.69) is 16.3 Å². The first-order valence-corrected chi connectivity index (χ1v) is 13.7. The summed E-state index contributed by atoms with van der Waals surface area (Å²) in [6, 6.07) is 11.3. The molecule has 0 bridgehead atoms. The zero-order valence-corrected chi connectivity index (χ0v) is 23.4. The minimum atomic E-state index is -1.77. The number of hydrogen-bond donors (Lipinski definition) is 3. The molecule has 0 spiro atoms. The lowest BCUT2D eigenvalue weighted by Crippen LogP contribution is -2.54. The summed E-state index contributed by atoms with van der Waals surface area (Å²) in [5, 5.41) is 32.0. The highest BCUT2D eigenvalue weighted by molar-refractivity contribution is 6.43. The van der Waals surface area contributed by atoms with E-state index in [1.807, 2.05) is 58.0 Å². The molecule has 3 N–H and O–H groups in total. The summed E-state index contributed by atoms with van der Waals surface area (Å²) in [6.07, 6.45) is 2.71. The van der Waals surface area contributed by atoms with Gasteiger partial charge in [-0.1, -0.05) is 30.3 Å². The predicted molar refractivity (Wildman–Crippen MR) is 147 cm³/mol. The number of nitrogens with zero attached hydrogens (tertiary/aromatic N) is 3. The van der Waals surface area contributed by atoms with Gasteiger partial charge in [-0.2, -0.15) is 5.26 Å². The molecule has 2 heterocycles. The monoisotopic (exact) mass is 540 g/mol. The third kappa shape index (κ3) is 9.07. The Morgan fingerprint density at radius 2 is 1.87 bits per heavy atom. The highest BCUT2D eigenvalue weighted by Crippen LogP contribution is 2.25. The van der Waals surface area contributed by atoms with Gasteiger partial charge in [0.1, 0.15) is 17.7 Å². The van der Waals surface area contributed by atoms with Crippen molar-refractivity contribution in [3.63, 3.8) is 0 Å². The van der Waals surface area contributed by atoms with Crippen LogP contribution in [0.4, 0.5) is 4.79 Å². The number of nitrogens with one attached hydrogen (secondary N) is 1. The van der Waals surface area contributed by atoms with Crippen LogP contribution in [0.2, 0.25) is 0 Å². The van der Waals surface area contributed by atoms with Crippen LogP contribution in [0.15, 0.2) is 42.0 Å². The highest BCUT2D eigenvalue weighted by atomic mass is 16.6. The van der Waals surface area contributed by atoms with Crippen LogP contribution >= 0.6 is 0 Å². The number of benzene rings is 1. The van der Waals surface area contributed by atoms with Crippen molar-refractivity contribution in [1.82, 2.24) is 15.1 Å². The van der Waals surface area contributed by atoms with Crippen LogP contribution < -0.4 is 5.32 Å². The predicted octanol–water partition coefficient (Wildman–Crippen LogP) is 2.05. The molecule has 2 amide bonds. The third-order valence-electron chi connectivity index (χ3n) is 7.23. The van der Waals surface area contributed by atoms with E-state index in [1.165, 1.54) is 0 Å². The molecule has 1 aromatic carbocycles. The number of morpholine rings is 1. The fourth-order valence-electron chi connectivity index (χ4n) is 5.22. The molecule has 3 rings (SSSR count). The number of rotatable bonds is 8. The SMILES string of the molecule is C[C@@H]1CN(C(C)(C)C=C(C#N)C(=O)N2CCCC[C@@H](OC(=O)N[C@@H](Cc3ccccc3)B(O)O)C2)C[C@H](C)O1. The minimum Gasteiger partial charge on any atom is -0.444 e. The second-order valence-electron chi connectivity index (χ2n) is 11.1. The summed E-state index contributed by atoms with van der Waals surface area (Å²) in [7, 11) is -1.77. The summed E-state index contributed by atoms with van der Waals surface area (Å²) in [6.45, 7) is 10.0. The molecule has 39 heavy (non-hydrogen) atoms. The molecule has 0 saturated carbocycles. The molecular formula is C28H41BN4O6. The Hall–Kier alpha value is -2.91. The molecule has 2 saturated heterocycles. The quantitative estimate of drug-likeness (QED) is 0.259. The topological polar surface area (TPSA) is 135 Å². The standard InChI is InChI=1S/C28H41BN4O6/c1-20-17-33(18-21(2)38-20)28(3,4)15-23(16-30)26(34)32-13-9-8-12-24(19-32)39-27(35)31-25(29(36)37)14-22-10-6-5-7-11-22/h5-7,10-11,15,20-21,24-25,36-37H,8-9,12-14,17-19H2,1-4H3,(H,31,35)/t20-,21+,24-,25+/m1/s1. The minimum absolute atomic E-state index is 0.0524. The van der Waals surface area contributed by atoms with Gasteiger partial charge < -0.3 is 29.7 Å². The number of nitriles is 1. The van der Waals surface area contributed by atoms with Crippen LogP contribution in [0.25, 0.3) is 0 Å². The molecule has 2 aliphatic rings. The number of hydrogen-bond acceptors (Lipinski definition) is 8. The fraction of sp³-hybridized carbons (Fsp3) is 0.607. The summed E-state index contributed by atoms with van der Waals surface area (Å²) >= 11 is 0. The van der Waals surface area contributed by atoms with Crippen molar-refractivity contribution in [2.24, 2.45) is 0 Å². The van der Waals surface area contributed by atoms with Crippen molar-refractivity contribution in [3.05, 3.63) is 47.5 Å². The van der Waals surface area contributed by atoms with Gasteiger partial charge in [-0.05, 0) is 65.0 Å². The smallest absolute Gasteiger partial charge is 0.444 e. The van der Waals surface area contributed by atoms with Crippen molar-refractivity contribution in [1.29, 1.82) is 5.26 Å². The number of amides is 2. The van der Waals surface area contributed by atoms with Crippen molar-refractivity contribution in [2.45, 2.75) is 83.2 Å². The second-order valence-corrected chi connectivity index (χ2v) is 11.1. The zero-order chi connectivity index (χ0) is 28.6. The molecule has 0 unspecified atom stereocenters. The Labute approximate surface area is 231 Å². The molecule has 2 fully saturated rings. The first-order valence-electron chi connectivity index (χ1n) is 13.7. The summed E-state index contributed by atoms with van der Waals surface area (Å²) in [5.41, 5.74) is 0.359. The molecule has 0 aromatic heterocycles. The maximum Gasteiger partial charge on any atom is 0.475 e. The maximum absolute atomic E-state index is 13.4. The second kappa shape index (κ2) is 13.9. The Morgan fingerprint density at radius 1 is 1.21 bits per heavy atom. The molecule has 0 radical (unpaired) electrons. The Balaban J connectivity index is 1.64. The first-order chi connectivity index (χ1) is 18.5. The Kier molecular flexibility index (Phi) is 11.0. The van der Waals surface area contributed by atoms with E-state index < -0.39 is 30.8 Å². The number of ether oxygens (including phenoxy) is 2. The molecule has 212 valence electrons. The first kappa shape index (κ1) is 30.6. The molecule has 1 aromatic rings. The van der Waals surface area contributed by atoms with Gasteiger partial charge in [0.05, 0.1) is 24.7 Å². The molecule has 2 aliphatic heterocycles. The van der Waals surface area contributed by atoms with Gasteiger partial charge in [0, 0.05) is 25.2 Å². The van der Waals surface area contributed by atoms with Crippen LogP contribution in [0, 0.1) is 11.3 Å². The van der Waals surface area contributed by atoms with Crippen LogP contribution in [-0.4, -0.2) is 94.9 Å². The largest absolute Gasteiger partial charge is 0.475 e. The van der Waals surface area contributed by atoms with E-state index in [4.69, 9.17) is 9.47 Å². The van der Waals surface area contributed by atoms with Gasteiger partial charge >= 0.3 is 13.2 Å². The zero-order valence-electron chi connectivity index (χ0n) is 23.4. The lowest BCUT2D eigenvalue weighted by atomic mass is 9.76. The Morgan fingerprint density at radius 3 is 2.49 bits per heavy atom. The third-order valence-corrected chi connectivity index (χ3v) is 7.23. The van der Waals surface area contributed by atoms with Gasteiger partial charge in [-0.3, -0.25) is 9.69 Å². The number of carbonyl (C=O) groups is 2. The van der Waals surface area contributed by atoms with Gasteiger partial charge in [0.15, 0.2) is 0 Å². The lowest BCUT2D eigenvalue weighted by Gasteiger charge is -2.43. The van der Waals surface area contributed by atoms with Gasteiger partial charge in [0.25, 0.3) is 5.91 Å². The van der Waals surface area contributed by atoms with Gasteiger partial charge in [0.2, 0.25) is 0 Å². The van der Waals surface area contributed by atoms with E-state index in [9.17, 15) is 24.9 Å². The van der Waals surface area contributed by atoms with E-state index >= 15 is 0 Å².